The third-order valence-corrected chi connectivity index (χ3v) is 5.70. The Hall–Kier alpha value is -2.60. The van der Waals surface area contributed by atoms with Crippen molar-refractivity contribution in [3.05, 3.63) is 71.0 Å². The van der Waals surface area contributed by atoms with Crippen LogP contribution in [0.3, 0.4) is 0 Å². The molecule has 1 saturated heterocycles. The van der Waals surface area contributed by atoms with Gasteiger partial charge in [-0.15, -0.1) is 0 Å². The molecule has 3 aromatic rings. The molecule has 1 amide bonds. The maximum absolute atomic E-state index is 13.1. The van der Waals surface area contributed by atoms with E-state index < -0.39 is 0 Å². The minimum absolute atomic E-state index is 0.00354. The number of carbonyl (C=O) groups is 1. The number of nitrogens with one attached hydrogen (secondary N) is 1. The van der Waals surface area contributed by atoms with E-state index in [0.29, 0.717) is 18.2 Å². The molecular weight excluding hydrogens is 435 g/mol. The van der Waals surface area contributed by atoms with E-state index in [1.807, 2.05) is 36.4 Å². The summed E-state index contributed by atoms with van der Waals surface area (Å²) >= 11 is 3.46. The molecule has 0 aromatic heterocycles. The second kappa shape index (κ2) is 8.82. The van der Waals surface area contributed by atoms with E-state index in [2.05, 4.69) is 26.1 Å². The molecule has 0 saturated carbocycles. The van der Waals surface area contributed by atoms with Gasteiger partial charge in [-0.3, -0.25) is 4.79 Å². The van der Waals surface area contributed by atoms with E-state index in [4.69, 9.17) is 4.74 Å². The van der Waals surface area contributed by atoms with Crippen molar-refractivity contribution in [3.8, 4) is 5.75 Å². The largest absolute Gasteiger partial charge is 0.484 e. The summed E-state index contributed by atoms with van der Waals surface area (Å²) in [5.41, 5.74) is 1.02. The van der Waals surface area contributed by atoms with Crippen molar-refractivity contribution in [2.75, 3.05) is 31.1 Å². The molecule has 0 aliphatic carbocycles. The predicted octanol–water partition coefficient (Wildman–Crippen LogP) is 4.76. The number of fused-ring (bicyclic) bond motifs is 1. The molecule has 4 rings (SSSR count). The van der Waals surface area contributed by atoms with Crippen LogP contribution < -0.4 is 15.0 Å². The van der Waals surface area contributed by atoms with E-state index in [1.165, 1.54) is 12.1 Å². The van der Waals surface area contributed by atoms with E-state index >= 15 is 0 Å². The van der Waals surface area contributed by atoms with Crippen LogP contribution in [0.4, 0.5) is 10.1 Å². The maximum Gasteiger partial charge on any atom is 0.257 e. The van der Waals surface area contributed by atoms with Crippen LogP contribution in [-0.4, -0.2) is 32.1 Å². The van der Waals surface area contributed by atoms with Gasteiger partial charge in [-0.25, -0.2) is 4.39 Å². The molecule has 1 aliphatic heterocycles. The van der Waals surface area contributed by atoms with Crippen LogP contribution in [0, 0.1) is 11.7 Å². The number of ether oxygens (including phenoxy) is 1. The summed E-state index contributed by atoms with van der Waals surface area (Å²) in [4.78, 5) is 14.4. The van der Waals surface area contributed by atoms with E-state index in [0.717, 1.165) is 40.4 Å². The van der Waals surface area contributed by atoms with Crippen molar-refractivity contribution in [1.82, 2.24) is 5.32 Å². The summed E-state index contributed by atoms with van der Waals surface area (Å²) in [6.07, 6.45) is 0.999. The van der Waals surface area contributed by atoms with Gasteiger partial charge < -0.3 is 15.0 Å². The normalized spacial score (nSPS) is 16.2. The van der Waals surface area contributed by atoms with Gasteiger partial charge >= 0.3 is 0 Å². The molecule has 1 N–H and O–H groups in total. The SMILES string of the molecule is O=C(COc1ccc2cc(Br)ccc2c1)NCC1CCN(c2ccc(F)cc2)C1. The number of halogens is 2. The Kier molecular flexibility index (Phi) is 6.00. The van der Waals surface area contributed by atoms with Crippen molar-refractivity contribution in [2.24, 2.45) is 5.92 Å². The summed E-state index contributed by atoms with van der Waals surface area (Å²) in [6.45, 7) is 2.38. The average Bonchev–Trinajstić information content (AvgIpc) is 3.20. The smallest absolute Gasteiger partial charge is 0.257 e. The molecule has 1 atom stereocenters. The number of nitrogens with zero attached hydrogens (tertiary/aromatic N) is 1. The third kappa shape index (κ3) is 5.07. The molecule has 1 aliphatic rings. The van der Waals surface area contributed by atoms with Crippen molar-refractivity contribution in [1.29, 1.82) is 0 Å². The van der Waals surface area contributed by atoms with Crippen LogP contribution in [-0.2, 0) is 4.79 Å². The Labute approximate surface area is 177 Å². The lowest BCUT2D eigenvalue weighted by atomic mass is 10.1. The summed E-state index contributed by atoms with van der Waals surface area (Å²) in [6, 6.07) is 18.4. The van der Waals surface area contributed by atoms with Crippen LogP contribution in [0.1, 0.15) is 6.42 Å². The summed E-state index contributed by atoms with van der Waals surface area (Å²) < 4.78 is 19.8. The molecule has 0 radical (unpaired) electrons. The zero-order valence-electron chi connectivity index (χ0n) is 15.9. The van der Waals surface area contributed by atoms with Crippen LogP contribution in [0.15, 0.2) is 65.1 Å². The van der Waals surface area contributed by atoms with Crippen LogP contribution in [0.2, 0.25) is 0 Å². The number of hydrogen-bond donors (Lipinski definition) is 1. The topological polar surface area (TPSA) is 41.6 Å². The van der Waals surface area contributed by atoms with Gasteiger partial charge in [-0.1, -0.05) is 28.1 Å². The van der Waals surface area contributed by atoms with Crippen molar-refractivity contribution in [2.45, 2.75) is 6.42 Å². The number of carbonyl (C=O) groups excluding carboxylic acids is 1. The number of amides is 1. The van der Waals surface area contributed by atoms with Gasteiger partial charge in [0.15, 0.2) is 6.61 Å². The number of benzene rings is 3. The second-order valence-corrected chi connectivity index (χ2v) is 8.24. The average molecular weight is 457 g/mol. The monoisotopic (exact) mass is 456 g/mol. The van der Waals surface area contributed by atoms with Crippen molar-refractivity contribution >= 4 is 38.3 Å². The number of hydrogen-bond acceptors (Lipinski definition) is 3. The highest BCUT2D eigenvalue weighted by Gasteiger charge is 2.23. The summed E-state index contributed by atoms with van der Waals surface area (Å²) in [5.74, 6) is 0.707. The fourth-order valence-electron chi connectivity index (χ4n) is 3.63. The highest BCUT2D eigenvalue weighted by molar-refractivity contribution is 9.10. The Morgan fingerprint density at radius 1 is 1.10 bits per heavy atom. The van der Waals surface area contributed by atoms with Gasteiger partial charge in [0.05, 0.1) is 0 Å². The van der Waals surface area contributed by atoms with Crippen LogP contribution in [0.25, 0.3) is 10.8 Å². The lowest BCUT2D eigenvalue weighted by molar-refractivity contribution is -0.123. The standard InChI is InChI=1S/C23H22BrFN2O2/c24-19-3-1-18-12-22(8-2-17(18)11-19)29-15-23(28)26-13-16-9-10-27(14-16)21-6-4-20(25)5-7-21/h1-8,11-12,16H,9-10,13-15H2,(H,26,28). The molecule has 150 valence electrons. The summed E-state index contributed by atoms with van der Waals surface area (Å²) in [5, 5.41) is 5.15. The van der Waals surface area contributed by atoms with Crippen molar-refractivity contribution < 1.29 is 13.9 Å². The van der Waals surface area contributed by atoms with Crippen LogP contribution in [0.5, 0.6) is 5.75 Å². The first-order valence-corrected chi connectivity index (χ1v) is 10.5. The fraction of sp³-hybridized carbons (Fsp3) is 0.261. The van der Waals surface area contributed by atoms with Gasteiger partial charge in [0.1, 0.15) is 11.6 Å². The molecule has 1 heterocycles. The fourth-order valence-corrected chi connectivity index (χ4v) is 4.01. The van der Waals surface area contributed by atoms with Gasteiger partial charge in [-0.05, 0) is 71.6 Å². The highest BCUT2D eigenvalue weighted by Crippen LogP contribution is 2.25. The molecular formula is C23H22BrFN2O2. The molecule has 1 fully saturated rings. The molecule has 6 heteroatoms. The molecule has 0 spiro atoms. The number of rotatable bonds is 6. The van der Waals surface area contributed by atoms with Crippen LogP contribution >= 0.6 is 15.9 Å². The van der Waals surface area contributed by atoms with Gasteiger partial charge in [0.2, 0.25) is 0 Å². The first-order chi connectivity index (χ1) is 14.1. The van der Waals surface area contributed by atoms with Gasteiger partial charge in [0, 0.05) is 29.8 Å². The molecule has 1 unspecified atom stereocenters. The lowest BCUT2D eigenvalue weighted by Crippen LogP contribution is -2.34. The molecule has 29 heavy (non-hydrogen) atoms. The Bertz CT molecular complexity index is 1010. The summed E-state index contributed by atoms with van der Waals surface area (Å²) in [7, 11) is 0. The Balaban J connectivity index is 1.23. The predicted molar refractivity (Wildman–Crippen MR) is 117 cm³/mol. The van der Waals surface area contributed by atoms with Gasteiger partial charge in [0.25, 0.3) is 5.91 Å². The maximum atomic E-state index is 13.1. The lowest BCUT2D eigenvalue weighted by Gasteiger charge is -2.19. The zero-order valence-corrected chi connectivity index (χ0v) is 17.5. The number of anilines is 1. The highest BCUT2D eigenvalue weighted by atomic mass is 79.9. The van der Waals surface area contributed by atoms with Crippen molar-refractivity contribution in [3.63, 3.8) is 0 Å². The van der Waals surface area contributed by atoms with Gasteiger partial charge in [-0.2, -0.15) is 0 Å². The first kappa shape index (κ1) is 19.7. The minimum Gasteiger partial charge on any atom is -0.484 e. The Morgan fingerprint density at radius 2 is 1.86 bits per heavy atom. The molecule has 0 bridgehead atoms. The van der Waals surface area contributed by atoms with E-state index in [-0.39, 0.29) is 18.3 Å². The molecule has 3 aromatic carbocycles. The Morgan fingerprint density at radius 3 is 2.69 bits per heavy atom. The second-order valence-electron chi connectivity index (χ2n) is 7.32. The van der Waals surface area contributed by atoms with E-state index in [9.17, 15) is 9.18 Å². The molecule has 4 nitrogen and oxygen atoms in total. The van der Waals surface area contributed by atoms with E-state index in [1.54, 1.807) is 12.1 Å². The quantitative estimate of drug-likeness (QED) is 0.581. The zero-order chi connectivity index (χ0) is 20.2. The minimum atomic E-state index is -0.226. The first-order valence-electron chi connectivity index (χ1n) is 9.66. The third-order valence-electron chi connectivity index (χ3n) is 5.21.